The number of hydrogen-bond donors (Lipinski definition) is 4. The topological polar surface area (TPSA) is 165 Å². The van der Waals surface area contributed by atoms with Gasteiger partial charge in [-0.25, -0.2) is 19.9 Å². The Balaban J connectivity index is 1.50. The lowest BCUT2D eigenvalue weighted by Crippen LogP contribution is -2.32. The third-order valence-electron chi connectivity index (χ3n) is 4.66. The molecule has 3 aromatic heterocycles. The van der Waals surface area contributed by atoms with Gasteiger partial charge in [0, 0.05) is 17.5 Å². The lowest BCUT2D eigenvalue weighted by atomic mass is 10.1. The number of thioether (sulfide) groups is 1. The van der Waals surface area contributed by atoms with Crippen LogP contribution in [-0.4, -0.2) is 63.8 Å². The van der Waals surface area contributed by atoms with Crippen molar-refractivity contribution in [2.75, 3.05) is 11.5 Å². The highest BCUT2D eigenvalue weighted by Gasteiger charge is 2.44. The van der Waals surface area contributed by atoms with Crippen LogP contribution >= 0.6 is 11.8 Å². The Labute approximate surface area is 169 Å². The number of nitrogens with two attached hydrogens (primary N) is 1. The molecule has 4 heterocycles. The first-order valence-electron chi connectivity index (χ1n) is 9.15. The van der Waals surface area contributed by atoms with E-state index >= 15 is 0 Å². The molecule has 12 heteroatoms. The monoisotopic (exact) mass is 419 g/mol. The van der Waals surface area contributed by atoms with Crippen LogP contribution in [0.5, 0.6) is 0 Å². The van der Waals surface area contributed by atoms with Crippen LogP contribution in [0.4, 0.5) is 5.82 Å². The van der Waals surface area contributed by atoms with E-state index in [1.165, 1.54) is 35.0 Å². The zero-order valence-corrected chi connectivity index (χ0v) is 16.4. The maximum absolute atomic E-state index is 11.8. The molecule has 0 saturated carbocycles. The van der Waals surface area contributed by atoms with Crippen LogP contribution in [0.3, 0.4) is 0 Å². The molecule has 0 aliphatic carbocycles. The Morgan fingerprint density at radius 2 is 2.14 bits per heavy atom. The highest BCUT2D eigenvalue weighted by atomic mass is 32.2. The minimum atomic E-state index is -1.19. The fourth-order valence-corrected chi connectivity index (χ4v) is 4.20. The van der Waals surface area contributed by atoms with E-state index in [1.807, 2.05) is 6.92 Å². The predicted molar refractivity (Wildman–Crippen MR) is 105 cm³/mol. The van der Waals surface area contributed by atoms with Gasteiger partial charge in [-0.15, -0.1) is 0 Å². The minimum absolute atomic E-state index is 0.218. The summed E-state index contributed by atoms with van der Waals surface area (Å²) < 4.78 is 7.41. The first-order valence-corrected chi connectivity index (χ1v) is 10.1. The van der Waals surface area contributed by atoms with Gasteiger partial charge in [0.25, 0.3) is 5.56 Å². The van der Waals surface area contributed by atoms with E-state index in [2.05, 4.69) is 24.9 Å². The van der Waals surface area contributed by atoms with Gasteiger partial charge < -0.3 is 25.7 Å². The Morgan fingerprint density at radius 1 is 1.31 bits per heavy atom. The Morgan fingerprint density at radius 3 is 2.93 bits per heavy atom. The number of fused-ring (bicyclic) bond motifs is 1. The van der Waals surface area contributed by atoms with E-state index in [4.69, 9.17) is 10.5 Å². The van der Waals surface area contributed by atoms with Crippen molar-refractivity contribution in [3.63, 3.8) is 0 Å². The highest BCUT2D eigenvalue weighted by molar-refractivity contribution is 7.99. The van der Waals surface area contributed by atoms with E-state index in [1.54, 1.807) is 0 Å². The van der Waals surface area contributed by atoms with Crippen molar-refractivity contribution in [2.24, 2.45) is 0 Å². The zero-order valence-electron chi connectivity index (χ0n) is 15.6. The normalized spacial score (nSPS) is 24.4. The van der Waals surface area contributed by atoms with Crippen molar-refractivity contribution in [2.45, 2.75) is 49.5 Å². The molecule has 4 rings (SSSR count). The first-order chi connectivity index (χ1) is 14.0. The maximum Gasteiger partial charge on any atom is 0.251 e. The molecule has 0 unspecified atom stereocenters. The molecule has 29 heavy (non-hydrogen) atoms. The summed E-state index contributed by atoms with van der Waals surface area (Å²) in [5.41, 5.74) is 7.08. The van der Waals surface area contributed by atoms with Crippen molar-refractivity contribution < 1.29 is 14.9 Å². The summed E-state index contributed by atoms with van der Waals surface area (Å²) in [6.45, 7) is 2.01. The van der Waals surface area contributed by atoms with E-state index < -0.39 is 24.5 Å². The highest BCUT2D eigenvalue weighted by Crippen LogP contribution is 2.34. The van der Waals surface area contributed by atoms with Gasteiger partial charge in [0.15, 0.2) is 22.8 Å². The molecule has 3 aromatic rings. The molecule has 1 fully saturated rings. The van der Waals surface area contributed by atoms with Gasteiger partial charge in [-0.2, -0.15) is 0 Å². The van der Waals surface area contributed by atoms with E-state index in [0.717, 1.165) is 6.42 Å². The van der Waals surface area contributed by atoms with Crippen molar-refractivity contribution in [1.82, 2.24) is 29.5 Å². The van der Waals surface area contributed by atoms with Gasteiger partial charge in [0.1, 0.15) is 24.1 Å². The molecule has 1 aliphatic heterocycles. The summed E-state index contributed by atoms with van der Waals surface area (Å²) in [5.74, 6) is 0.507. The van der Waals surface area contributed by atoms with Crippen molar-refractivity contribution in [3.8, 4) is 0 Å². The number of aromatic amines is 1. The summed E-state index contributed by atoms with van der Waals surface area (Å²) in [5, 5.41) is 21.4. The number of aliphatic hydroxyl groups excluding tert-OH is 2. The average molecular weight is 419 g/mol. The molecule has 11 nitrogen and oxygen atoms in total. The molecule has 5 N–H and O–H groups in total. The maximum atomic E-state index is 11.8. The molecule has 4 atom stereocenters. The van der Waals surface area contributed by atoms with Crippen LogP contribution in [0.15, 0.2) is 28.7 Å². The van der Waals surface area contributed by atoms with Crippen molar-refractivity contribution in [1.29, 1.82) is 0 Å². The van der Waals surface area contributed by atoms with Gasteiger partial charge in [-0.05, 0) is 6.42 Å². The Kier molecular flexibility index (Phi) is 5.50. The van der Waals surface area contributed by atoms with E-state index in [9.17, 15) is 15.0 Å². The van der Waals surface area contributed by atoms with Crippen LogP contribution in [0.2, 0.25) is 0 Å². The number of ether oxygens (including phenoxy) is 1. The summed E-state index contributed by atoms with van der Waals surface area (Å²) >= 11 is 1.25. The van der Waals surface area contributed by atoms with Crippen LogP contribution in [0.25, 0.3) is 11.2 Å². The largest absolute Gasteiger partial charge is 0.387 e. The van der Waals surface area contributed by atoms with Crippen LogP contribution in [0, 0.1) is 0 Å². The fourth-order valence-electron chi connectivity index (χ4n) is 3.25. The predicted octanol–water partition coefficient (Wildman–Crippen LogP) is -0.144. The minimum Gasteiger partial charge on any atom is -0.387 e. The molecule has 0 amide bonds. The molecule has 154 valence electrons. The number of aryl methyl sites for hydroxylation is 1. The standard InChI is InChI=1S/C17H21N7O4S/c1-2-3-8-4-10(25)23-17(22-8)29-5-9-12(26)13(27)16(28-9)24-7-21-11-14(18)19-6-20-15(11)24/h4,6-7,9,12-13,16,26-27H,2-3,5H2,1H3,(H2,18,19,20)(H,22,23,25)/t9-,12-,13-,16-/m1/s1. The number of anilines is 1. The van der Waals surface area contributed by atoms with Crippen molar-refractivity contribution >= 4 is 28.7 Å². The Bertz CT molecular complexity index is 1070. The molecular weight excluding hydrogens is 398 g/mol. The molecule has 1 aliphatic rings. The third kappa shape index (κ3) is 3.83. The SMILES string of the molecule is CCCc1cc(=O)[nH]c(SC[C@H]2O[C@@H](n3cnc4c(N)ncnc43)[C@H](O)[C@@H]2O)n1. The smallest absolute Gasteiger partial charge is 0.251 e. The quantitative estimate of drug-likeness (QED) is 0.312. The lowest BCUT2D eigenvalue weighted by molar-refractivity contribution is -0.0289. The van der Waals surface area contributed by atoms with Gasteiger partial charge in [-0.1, -0.05) is 25.1 Å². The van der Waals surface area contributed by atoms with Crippen molar-refractivity contribution in [3.05, 3.63) is 34.8 Å². The van der Waals surface area contributed by atoms with Crippen LogP contribution in [-0.2, 0) is 11.2 Å². The summed E-state index contributed by atoms with van der Waals surface area (Å²) in [6.07, 6.45) is 0.448. The third-order valence-corrected chi connectivity index (χ3v) is 5.62. The zero-order chi connectivity index (χ0) is 20.5. The molecule has 0 radical (unpaired) electrons. The number of hydrogen-bond acceptors (Lipinski definition) is 10. The van der Waals surface area contributed by atoms with E-state index in [0.29, 0.717) is 28.4 Å². The lowest BCUT2D eigenvalue weighted by Gasteiger charge is -2.16. The number of rotatable bonds is 6. The van der Waals surface area contributed by atoms with Gasteiger partial charge in [0.05, 0.1) is 12.4 Å². The van der Waals surface area contributed by atoms with Crippen LogP contribution < -0.4 is 11.3 Å². The molecule has 0 bridgehead atoms. The summed E-state index contributed by atoms with van der Waals surface area (Å²) in [4.78, 5) is 31.1. The molecular formula is C17H21N7O4S. The molecule has 1 saturated heterocycles. The first kappa shape index (κ1) is 19.8. The van der Waals surface area contributed by atoms with Gasteiger partial charge in [-0.3, -0.25) is 9.36 Å². The van der Waals surface area contributed by atoms with Gasteiger partial charge >= 0.3 is 0 Å². The summed E-state index contributed by atoms with van der Waals surface area (Å²) in [7, 11) is 0. The average Bonchev–Trinajstić information content (AvgIpc) is 3.23. The second kappa shape index (κ2) is 8.06. The number of nitrogens with zero attached hydrogens (tertiary/aromatic N) is 5. The number of nitrogens with one attached hydrogen (secondary N) is 1. The van der Waals surface area contributed by atoms with Gasteiger partial charge in [0.2, 0.25) is 0 Å². The number of aliphatic hydroxyl groups is 2. The number of nitrogen functional groups attached to an aromatic ring is 1. The second-order valence-corrected chi connectivity index (χ2v) is 7.74. The fraction of sp³-hybridized carbons (Fsp3) is 0.471. The Hall–Kier alpha value is -2.54. The summed E-state index contributed by atoms with van der Waals surface area (Å²) in [6, 6.07) is 1.48. The molecule has 0 aromatic carbocycles. The van der Waals surface area contributed by atoms with Crippen LogP contribution in [0.1, 0.15) is 25.3 Å². The number of imidazole rings is 1. The number of aromatic nitrogens is 6. The molecule has 0 spiro atoms. The van der Waals surface area contributed by atoms with E-state index in [-0.39, 0.29) is 17.1 Å². The second-order valence-electron chi connectivity index (χ2n) is 6.73. The number of H-pyrrole nitrogens is 1.